The zero-order valence-electron chi connectivity index (χ0n) is 16.9. The Morgan fingerprint density at radius 1 is 1.21 bits per heavy atom. The summed E-state index contributed by atoms with van der Waals surface area (Å²) in [5, 5.41) is 11.8. The molecule has 3 aromatic rings. The van der Waals surface area contributed by atoms with Gasteiger partial charge in [0.15, 0.2) is 5.16 Å². The summed E-state index contributed by atoms with van der Waals surface area (Å²) in [6, 6.07) is 17.7. The number of hydrogen-bond donors (Lipinski definition) is 1. The molecule has 0 saturated heterocycles. The monoisotopic (exact) mass is 410 g/mol. The van der Waals surface area contributed by atoms with E-state index in [1.165, 1.54) is 11.8 Å². The molecule has 2 atom stereocenters. The third-order valence-electron chi connectivity index (χ3n) is 4.60. The van der Waals surface area contributed by atoms with E-state index in [1.807, 2.05) is 54.0 Å². The molecule has 0 unspecified atom stereocenters. The predicted molar refractivity (Wildman–Crippen MR) is 115 cm³/mol. The summed E-state index contributed by atoms with van der Waals surface area (Å²) >= 11 is 1.39. The molecule has 6 nitrogen and oxygen atoms in total. The second-order valence-corrected chi connectivity index (χ2v) is 8.01. The van der Waals surface area contributed by atoms with Crippen LogP contribution in [0.4, 0.5) is 0 Å². The Morgan fingerprint density at radius 2 is 2.00 bits per heavy atom. The smallest absolute Gasteiger partial charge is 0.233 e. The Kier molecular flexibility index (Phi) is 7.30. The van der Waals surface area contributed by atoms with Crippen molar-refractivity contribution in [1.82, 2.24) is 20.1 Å². The normalized spacial score (nSPS) is 12.9. The van der Waals surface area contributed by atoms with Crippen LogP contribution in [0, 0.1) is 0 Å². The first-order valence-electron chi connectivity index (χ1n) is 9.68. The maximum Gasteiger partial charge on any atom is 0.233 e. The quantitative estimate of drug-likeness (QED) is 0.529. The molecule has 1 heterocycles. The fourth-order valence-corrected chi connectivity index (χ4v) is 3.89. The highest BCUT2D eigenvalue weighted by atomic mass is 32.2. The van der Waals surface area contributed by atoms with Gasteiger partial charge in [-0.3, -0.25) is 9.36 Å². The van der Waals surface area contributed by atoms with E-state index in [1.54, 1.807) is 13.4 Å². The van der Waals surface area contributed by atoms with Gasteiger partial charge in [0.1, 0.15) is 12.1 Å². The van der Waals surface area contributed by atoms with Gasteiger partial charge in [-0.1, -0.05) is 61.5 Å². The summed E-state index contributed by atoms with van der Waals surface area (Å²) < 4.78 is 7.15. The molecule has 2 aromatic carbocycles. The minimum absolute atomic E-state index is 0.00741. The molecule has 0 saturated carbocycles. The first-order valence-corrected chi connectivity index (χ1v) is 10.6. The number of nitrogens with zero attached hydrogens (tertiary/aromatic N) is 3. The summed E-state index contributed by atoms with van der Waals surface area (Å²) in [5.41, 5.74) is 2.01. The first kappa shape index (κ1) is 20.9. The molecule has 0 aliphatic heterocycles. The van der Waals surface area contributed by atoms with Crippen LogP contribution in [0.15, 0.2) is 66.1 Å². The second kappa shape index (κ2) is 10.1. The van der Waals surface area contributed by atoms with Gasteiger partial charge >= 0.3 is 0 Å². The Hall–Kier alpha value is -2.80. The van der Waals surface area contributed by atoms with Crippen molar-refractivity contribution in [2.45, 2.75) is 43.1 Å². The fourth-order valence-electron chi connectivity index (χ4n) is 3.04. The summed E-state index contributed by atoms with van der Waals surface area (Å²) in [4.78, 5) is 12.9. The Bertz CT molecular complexity index is 929. The number of methoxy groups -OCH3 is 1. The first-order chi connectivity index (χ1) is 14.1. The SMILES string of the molecule is CCC[C@@H](NC(=O)[C@H](C)Sc1nncn1-c1cccc(OC)c1)c1ccccc1. The molecule has 0 spiro atoms. The zero-order chi connectivity index (χ0) is 20.6. The Balaban J connectivity index is 1.71. The number of aromatic nitrogens is 3. The number of nitrogens with one attached hydrogen (secondary N) is 1. The summed E-state index contributed by atoms with van der Waals surface area (Å²) in [6.45, 7) is 4.01. The highest BCUT2D eigenvalue weighted by Crippen LogP contribution is 2.26. The average Bonchev–Trinajstić information content (AvgIpc) is 3.22. The van der Waals surface area contributed by atoms with Crippen LogP contribution in [0.2, 0.25) is 0 Å². The van der Waals surface area contributed by atoms with Crippen LogP contribution in [0.1, 0.15) is 38.3 Å². The van der Waals surface area contributed by atoms with Gasteiger partial charge in [0, 0.05) is 6.07 Å². The molecule has 0 aliphatic rings. The van der Waals surface area contributed by atoms with Crippen LogP contribution >= 0.6 is 11.8 Å². The standard InChI is InChI=1S/C22H26N4O2S/c1-4-9-20(17-10-6-5-7-11-17)24-21(27)16(2)29-22-25-23-15-26(22)18-12-8-13-19(14-18)28-3/h5-8,10-16,20H,4,9H2,1-3H3,(H,24,27)/t16-,20+/m0/s1. The van der Waals surface area contributed by atoms with Crippen LogP contribution in [0.5, 0.6) is 5.75 Å². The molecule has 152 valence electrons. The van der Waals surface area contributed by atoms with Crippen molar-refractivity contribution < 1.29 is 9.53 Å². The van der Waals surface area contributed by atoms with Crippen LogP contribution < -0.4 is 10.1 Å². The lowest BCUT2D eigenvalue weighted by molar-refractivity contribution is -0.121. The molecule has 0 aliphatic carbocycles. The molecule has 1 amide bonds. The average molecular weight is 411 g/mol. The summed E-state index contributed by atoms with van der Waals surface area (Å²) in [5.74, 6) is 0.737. The van der Waals surface area contributed by atoms with Crippen molar-refractivity contribution in [1.29, 1.82) is 0 Å². The van der Waals surface area contributed by atoms with E-state index in [2.05, 4.69) is 34.6 Å². The third kappa shape index (κ3) is 5.38. The van der Waals surface area contributed by atoms with Gasteiger partial charge in [-0.2, -0.15) is 0 Å². The van der Waals surface area contributed by atoms with E-state index in [4.69, 9.17) is 4.74 Å². The zero-order valence-corrected chi connectivity index (χ0v) is 17.7. The van der Waals surface area contributed by atoms with Gasteiger partial charge < -0.3 is 10.1 Å². The van der Waals surface area contributed by atoms with Gasteiger partial charge in [0.25, 0.3) is 0 Å². The van der Waals surface area contributed by atoms with Crippen molar-refractivity contribution >= 4 is 17.7 Å². The van der Waals surface area contributed by atoms with E-state index in [0.29, 0.717) is 5.16 Å². The molecular formula is C22H26N4O2S. The highest BCUT2D eigenvalue weighted by Gasteiger charge is 2.22. The lowest BCUT2D eigenvalue weighted by Gasteiger charge is -2.21. The van der Waals surface area contributed by atoms with E-state index in [0.717, 1.165) is 29.8 Å². The number of ether oxygens (including phenoxy) is 1. The molecule has 3 rings (SSSR count). The molecule has 0 fully saturated rings. The van der Waals surface area contributed by atoms with Gasteiger partial charge in [-0.25, -0.2) is 0 Å². The van der Waals surface area contributed by atoms with Crippen molar-refractivity contribution in [3.05, 3.63) is 66.5 Å². The van der Waals surface area contributed by atoms with Crippen LogP contribution in [0.25, 0.3) is 5.69 Å². The number of benzene rings is 2. The maximum absolute atomic E-state index is 12.9. The van der Waals surface area contributed by atoms with Crippen molar-refractivity contribution in [2.24, 2.45) is 0 Å². The number of rotatable bonds is 9. The van der Waals surface area contributed by atoms with Gasteiger partial charge in [-0.15, -0.1) is 10.2 Å². The van der Waals surface area contributed by atoms with E-state index in [9.17, 15) is 4.79 Å². The summed E-state index contributed by atoms with van der Waals surface area (Å²) in [6.07, 6.45) is 3.53. The molecule has 0 radical (unpaired) electrons. The molecule has 0 bridgehead atoms. The topological polar surface area (TPSA) is 69.0 Å². The highest BCUT2D eigenvalue weighted by molar-refractivity contribution is 8.00. The molecule has 1 aromatic heterocycles. The number of carbonyl (C=O) groups excluding carboxylic acids is 1. The van der Waals surface area contributed by atoms with Gasteiger partial charge in [-0.05, 0) is 31.0 Å². The molecule has 1 N–H and O–H groups in total. The minimum Gasteiger partial charge on any atom is -0.497 e. The van der Waals surface area contributed by atoms with E-state index in [-0.39, 0.29) is 17.2 Å². The van der Waals surface area contributed by atoms with Crippen molar-refractivity contribution in [3.63, 3.8) is 0 Å². The van der Waals surface area contributed by atoms with Gasteiger partial charge in [0.2, 0.25) is 5.91 Å². The maximum atomic E-state index is 12.9. The Labute approximate surface area is 175 Å². The van der Waals surface area contributed by atoms with E-state index >= 15 is 0 Å². The molecule has 29 heavy (non-hydrogen) atoms. The predicted octanol–water partition coefficient (Wildman–Crippen LogP) is 4.41. The number of carbonyl (C=O) groups is 1. The molecular weight excluding hydrogens is 384 g/mol. The van der Waals surface area contributed by atoms with Crippen LogP contribution in [-0.2, 0) is 4.79 Å². The second-order valence-electron chi connectivity index (χ2n) is 6.71. The van der Waals surface area contributed by atoms with Crippen LogP contribution in [0.3, 0.4) is 0 Å². The largest absolute Gasteiger partial charge is 0.497 e. The third-order valence-corrected chi connectivity index (χ3v) is 5.65. The lowest BCUT2D eigenvalue weighted by atomic mass is 10.0. The minimum atomic E-state index is -0.313. The summed E-state index contributed by atoms with van der Waals surface area (Å²) in [7, 11) is 1.63. The molecule has 7 heteroatoms. The van der Waals surface area contributed by atoms with Gasteiger partial charge in [0.05, 0.1) is 24.1 Å². The lowest BCUT2D eigenvalue weighted by Crippen LogP contribution is -2.34. The van der Waals surface area contributed by atoms with Crippen molar-refractivity contribution in [2.75, 3.05) is 7.11 Å². The Morgan fingerprint density at radius 3 is 2.72 bits per heavy atom. The number of amides is 1. The van der Waals surface area contributed by atoms with Crippen molar-refractivity contribution in [3.8, 4) is 11.4 Å². The van der Waals surface area contributed by atoms with E-state index < -0.39 is 0 Å². The number of hydrogen-bond acceptors (Lipinski definition) is 5. The fraction of sp³-hybridized carbons (Fsp3) is 0.318. The number of thioether (sulfide) groups is 1. The van der Waals surface area contributed by atoms with Crippen LogP contribution in [-0.4, -0.2) is 33.0 Å².